The second-order valence-corrected chi connectivity index (χ2v) is 11.2. The van der Waals surface area contributed by atoms with E-state index in [0.717, 1.165) is 12.1 Å². The van der Waals surface area contributed by atoms with Crippen LogP contribution in [0.5, 0.6) is 5.75 Å². The molecule has 4 aromatic heterocycles. The van der Waals surface area contributed by atoms with Crippen LogP contribution in [-0.4, -0.2) is 86.7 Å². The predicted octanol–water partition coefficient (Wildman–Crippen LogP) is 3.73. The van der Waals surface area contributed by atoms with Crippen LogP contribution < -0.4 is 15.4 Å². The number of methoxy groups -OCH3 is 1. The fraction of sp³-hybridized carbons (Fsp3) is 0.281. The van der Waals surface area contributed by atoms with Gasteiger partial charge in [-0.25, -0.2) is 18.4 Å². The molecule has 0 bridgehead atoms. The number of carbonyl (C=O) groups excluding carboxylic acids is 1. The number of nitrogens with zero attached hydrogens (tertiary/aromatic N) is 8. The highest BCUT2D eigenvalue weighted by atomic mass is 19.1. The van der Waals surface area contributed by atoms with Crippen LogP contribution in [0.3, 0.4) is 0 Å². The zero-order valence-corrected chi connectivity index (χ0v) is 25.6. The molecule has 2 aromatic carbocycles. The molecule has 0 unspecified atom stereocenters. The van der Waals surface area contributed by atoms with Crippen molar-refractivity contribution in [2.75, 3.05) is 57.1 Å². The summed E-state index contributed by atoms with van der Waals surface area (Å²) in [5.74, 6) is -0.881. The Bertz CT molecular complexity index is 2060. The van der Waals surface area contributed by atoms with Crippen LogP contribution in [0.25, 0.3) is 28.3 Å². The van der Waals surface area contributed by atoms with Crippen molar-refractivity contribution in [1.29, 1.82) is 0 Å². The number of nitrogen functional groups attached to an aromatic ring is 1. The number of aromatic nitrogens is 6. The first-order valence-electron chi connectivity index (χ1n) is 14.9. The Labute approximate surface area is 267 Å². The first-order valence-corrected chi connectivity index (χ1v) is 14.9. The number of rotatable bonds is 9. The maximum absolute atomic E-state index is 15.1. The van der Waals surface area contributed by atoms with Gasteiger partial charge in [-0.15, -0.1) is 5.10 Å². The van der Waals surface area contributed by atoms with Crippen molar-refractivity contribution in [3.8, 4) is 17.3 Å². The van der Waals surface area contributed by atoms with E-state index in [0.29, 0.717) is 33.8 Å². The lowest BCUT2D eigenvalue weighted by molar-refractivity contribution is -0.138. The molecule has 1 fully saturated rings. The second-order valence-electron chi connectivity index (χ2n) is 11.2. The van der Waals surface area contributed by atoms with E-state index in [4.69, 9.17) is 19.6 Å². The smallest absolute Gasteiger partial charge is 0.255 e. The highest BCUT2D eigenvalue weighted by Gasteiger charge is 2.43. The average molecular weight is 644 g/mol. The van der Waals surface area contributed by atoms with E-state index < -0.39 is 17.2 Å². The molecule has 1 aliphatic rings. The normalized spacial score (nSPS) is 15.0. The molecule has 0 spiro atoms. The third-order valence-corrected chi connectivity index (χ3v) is 8.40. The summed E-state index contributed by atoms with van der Waals surface area (Å²) < 4.78 is 48.5. The van der Waals surface area contributed by atoms with Crippen molar-refractivity contribution in [1.82, 2.24) is 34.3 Å². The van der Waals surface area contributed by atoms with Crippen LogP contribution in [0.15, 0.2) is 71.5 Å². The molecule has 5 heterocycles. The second kappa shape index (κ2) is 12.0. The highest BCUT2D eigenvalue weighted by Crippen LogP contribution is 2.34. The molecule has 7 rings (SSSR count). The first kappa shape index (κ1) is 30.1. The molecule has 15 heteroatoms. The van der Waals surface area contributed by atoms with Gasteiger partial charge in [0, 0.05) is 45.4 Å². The van der Waals surface area contributed by atoms with Gasteiger partial charge in [-0.2, -0.15) is 14.6 Å². The van der Waals surface area contributed by atoms with Crippen LogP contribution in [0.1, 0.15) is 12.5 Å². The molecule has 1 aliphatic heterocycles. The standard InChI is InChI=1S/C32H31F2N9O4/c1-32(20-7-4-3-5-8-20,43-29-21(19-36-43)28-37-27(25-9-6-14-46-25)39-42(28)31(35)38-29)30(44)41-12-10-40(11-13-41)24-17-23(34)26(18-22(24)33)47-16-15-45-2/h3-9,14,17-19H,10-13,15-16H2,1-2H3,(H2,35,38)/t32-/m0/s1. The van der Waals surface area contributed by atoms with Crippen molar-refractivity contribution >= 4 is 34.2 Å². The molecule has 242 valence electrons. The fourth-order valence-corrected chi connectivity index (χ4v) is 5.91. The van der Waals surface area contributed by atoms with Crippen molar-refractivity contribution in [2.45, 2.75) is 12.5 Å². The fourth-order valence-electron chi connectivity index (χ4n) is 5.91. The Morgan fingerprint density at radius 2 is 1.79 bits per heavy atom. The summed E-state index contributed by atoms with van der Waals surface area (Å²) in [5, 5.41) is 9.66. The lowest BCUT2D eigenvalue weighted by Gasteiger charge is -2.41. The van der Waals surface area contributed by atoms with Gasteiger partial charge in [0.05, 0.1) is 30.1 Å². The highest BCUT2D eigenvalue weighted by molar-refractivity contribution is 5.94. The minimum absolute atomic E-state index is 0.0559. The van der Waals surface area contributed by atoms with Crippen molar-refractivity contribution in [3.63, 3.8) is 0 Å². The zero-order chi connectivity index (χ0) is 32.7. The van der Waals surface area contributed by atoms with Gasteiger partial charge in [-0.3, -0.25) is 4.79 Å². The number of nitrogens with two attached hydrogens (primary N) is 1. The lowest BCUT2D eigenvalue weighted by Crippen LogP contribution is -2.56. The van der Waals surface area contributed by atoms with Crippen LogP contribution in [0.4, 0.5) is 20.4 Å². The predicted molar refractivity (Wildman–Crippen MR) is 168 cm³/mol. The van der Waals surface area contributed by atoms with Gasteiger partial charge in [-0.1, -0.05) is 30.3 Å². The van der Waals surface area contributed by atoms with E-state index in [9.17, 15) is 9.18 Å². The minimum atomic E-state index is -1.36. The van der Waals surface area contributed by atoms with E-state index in [1.807, 2.05) is 30.3 Å². The summed E-state index contributed by atoms with van der Waals surface area (Å²) >= 11 is 0. The minimum Gasteiger partial charge on any atom is -0.488 e. The van der Waals surface area contributed by atoms with E-state index >= 15 is 4.39 Å². The SMILES string of the molecule is COCCOc1cc(F)c(N2CCN(C(=O)[C@](C)(c3ccccc3)n3ncc4c3nc(N)n3nc(-c5ccco5)nc43)CC2)cc1F. The third kappa shape index (κ3) is 5.17. The summed E-state index contributed by atoms with van der Waals surface area (Å²) in [7, 11) is 1.50. The molecule has 0 saturated carbocycles. The number of amides is 1. The van der Waals surface area contributed by atoms with Gasteiger partial charge in [0.2, 0.25) is 11.8 Å². The molecular formula is C32H31F2N9O4. The topological polar surface area (TPSA) is 142 Å². The van der Waals surface area contributed by atoms with Crippen LogP contribution >= 0.6 is 0 Å². The summed E-state index contributed by atoms with van der Waals surface area (Å²) in [4.78, 5) is 27.2. The molecule has 6 aromatic rings. The molecule has 2 N–H and O–H groups in total. The molecule has 47 heavy (non-hydrogen) atoms. The van der Waals surface area contributed by atoms with Gasteiger partial charge in [-0.05, 0) is 24.6 Å². The van der Waals surface area contributed by atoms with Crippen molar-refractivity contribution < 1.29 is 27.5 Å². The van der Waals surface area contributed by atoms with Gasteiger partial charge < -0.3 is 29.4 Å². The first-order chi connectivity index (χ1) is 22.8. The monoisotopic (exact) mass is 643 g/mol. The maximum atomic E-state index is 15.1. The van der Waals surface area contributed by atoms with Gasteiger partial charge in [0.25, 0.3) is 5.91 Å². The summed E-state index contributed by atoms with van der Waals surface area (Å²) in [6.45, 7) is 3.18. The van der Waals surface area contributed by atoms with E-state index in [-0.39, 0.29) is 62.7 Å². The van der Waals surface area contributed by atoms with Crippen molar-refractivity contribution in [3.05, 3.63) is 84.3 Å². The molecule has 1 saturated heterocycles. The number of hydrogen-bond donors (Lipinski definition) is 1. The number of anilines is 2. The number of fused-ring (bicyclic) bond motifs is 3. The molecule has 0 aliphatic carbocycles. The van der Waals surface area contributed by atoms with E-state index in [1.165, 1.54) is 17.9 Å². The number of halogens is 2. The quantitative estimate of drug-likeness (QED) is 0.232. The van der Waals surface area contributed by atoms with Crippen LogP contribution in [-0.2, 0) is 15.1 Å². The zero-order valence-electron chi connectivity index (χ0n) is 25.6. The van der Waals surface area contributed by atoms with Crippen molar-refractivity contribution in [2.24, 2.45) is 0 Å². The van der Waals surface area contributed by atoms with E-state index in [2.05, 4.69) is 20.2 Å². The molecule has 0 radical (unpaired) electrons. The number of piperazine rings is 1. The Hall–Kier alpha value is -5.57. The Morgan fingerprint density at radius 1 is 1.00 bits per heavy atom. The summed E-state index contributed by atoms with van der Waals surface area (Å²) in [5.41, 5.74) is 6.53. The number of ether oxygens (including phenoxy) is 2. The third-order valence-electron chi connectivity index (χ3n) is 8.40. The number of hydrogen-bond acceptors (Lipinski definition) is 10. The average Bonchev–Trinajstić information content (AvgIpc) is 3.87. The van der Waals surface area contributed by atoms with Gasteiger partial charge in [0.15, 0.2) is 34.2 Å². The van der Waals surface area contributed by atoms with Gasteiger partial charge >= 0.3 is 0 Å². The molecular weight excluding hydrogens is 612 g/mol. The maximum Gasteiger partial charge on any atom is 0.255 e. The summed E-state index contributed by atoms with van der Waals surface area (Å²) in [6, 6.07) is 14.9. The Balaban J connectivity index is 1.20. The van der Waals surface area contributed by atoms with E-state index in [1.54, 1.807) is 39.7 Å². The Kier molecular flexibility index (Phi) is 7.67. The summed E-state index contributed by atoms with van der Waals surface area (Å²) in [6.07, 6.45) is 3.11. The Morgan fingerprint density at radius 3 is 2.51 bits per heavy atom. The molecule has 1 atom stereocenters. The van der Waals surface area contributed by atoms with Crippen LogP contribution in [0, 0.1) is 11.6 Å². The largest absolute Gasteiger partial charge is 0.488 e. The van der Waals surface area contributed by atoms with Gasteiger partial charge in [0.1, 0.15) is 12.4 Å². The number of carbonyl (C=O) groups is 1. The molecule has 13 nitrogen and oxygen atoms in total. The van der Waals surface area contributed by atoms with Crippen LogP contribution in [0.2, 0.25) is 0 Å². The number of benzene rings is 2. The molecule has 1 amide bonds. The number of furan rings is 1. The lowest BCUT2D eigenvalue weighted by atomic mass is 9.90.